The van der Waals surface area contributed by atoms with Crippen molar-refractivity contribution in [3.05, 3.63) is 35.9 Å². The first-order valence-electron chi connectivity index (χ1n) is 12.6. The summed E-state index contributed by atoms with van der Waals surface area (Å²) >= 11 is 0. The lowest BCUT2D eigenvalue weighted by atomic mass is 9.96. The second kappa shape index (κ2) is 10.9. The molecule has 0 radical (unpaired) electrons. The van der Waals surface area contributed by atoms with E-state index in [-0.39, 0.29) is 11.9 Å². The highest BCUT2D eigenvalue weighted by atomic mass is 16.6. The van der Waals surface area contributed by atoms with Crippen molar-refractivity contribution in [2.75, 3.05) is 19.6 Å². The third kappa shape index (κ3) is 6.95. The van der Waals surface area contributed by atoms with Crippen LogP contribution in [0.4, 0.5) is 4.79 Å². The minimum absolute atomic E-state index is 0.0384. The first-order chi connectivity index (χ1) is 15.6. The topological polar surface area (TPSA) is 61.9 Å². The van der Waals surface area contributed by atoms with E-state index in [2.05, 4.69) is 54.4 Å². The van der Waals surface area contributed by atoms with Crippen molar-refractivity contribution >= 4 is 12.0 Å². The summed E-state index contributed by atoms with van der Waals surface area (Å²) in [6.45, 7) is 15.2. The lowest BCUT2D eigenvalue weighted by Gasteiger charge is -2.34. The van der Waals surface area contributed by atoms with Crippen LogP contribution in [-0.4, -0.2) is 59.1 Å². The summed E-state index contributed by atoms with van der Waals surface area (Å²) in [7, 11) is 0. The second-order valence-corrected chi connectivity index (χ2v) is 11.2. The van der Waals surface area contributed by atoms with Gasteiger partial charge in [0.2, 0.25) is 5.91 Å². The number of hydrogen-bond donors (Lipinski definition) is 1. The fraction of sp³-hybridized carbons (Fsp3) is 0.704. The fourth-order valence-electron chi connectivity index (χ4n) is 5.41. The highest BCUT2D eigenvalue weighted by Gasteiger charge is 2.44. The SMILES string of the molecule is CCN(C(=O)OC(C)(C)C)[C@@H](CC(C)C)C(=O)N[C@H]1CC[C@@H]2CN(Cc3ccccc3)C[C@@H]21. The minimum atomic E-state index is -0.589. The van der Waals surface area contributed by atoms with Gasteiger partial charge in [-0.05, 0) is 70.3 Å². The molecule has 4 atom stereocenters. The van der Waals surface area contributed by atoms with Crippen molar-refractivity contribution < 1.29 is 14.3 Å². The molecule has 1 heterocycles. The Morgan fingerprint density at radius 1 is 1.15 bits per heavy atom. The number of benzene rings is 1. The van der Waals surface area contributed by atoms with E-state index < -0.39 is 17.7 Å². The summed E-state index contributed by atoms with van der Waals surface area (Å²) in [5, 5.41) is 3.36. The molecule has 184 valence electrons. The van der Waals surface area contributed by atoms with Crippen LogP contribution in [0.25, 0.3) is 0 Å². The van der Waals surface area contributed by atoms with Crippen LogP contribution in [0.3, 0.4) is 0 Å². The van der Waals surface area contributed by atoms with Gasteiger partial charge in [-0.2, -0.15) is 0 Å². The number of ether oxygens (including phenoxy) is 1. The number of carbonyl (C=O) groups is 2. The average molecular weight is 458 g/mol. The molecule has 6 heteroatoms. The quantitative estimate of drug-likeness (QED) is 0.615. The van der Waals surface area contributed by atoms with Crippen LogP contribution in [0.1, 0.15) is 66.4 Å². The lowest BCUT2D eigenvalue weighted by Crippen LogP contribution is -2.54. The third-order valence-corrected chi connectivity index (χ3v) is 6.85. The number of nitrogens with zero attached hydrogens (tertiary/aromatic N) is 2. The number of likely N-dealkylation sites (tertiary alicyclic amines) is 1. The zero-order valence-corrected chi connectivity index (χ0v) is 21.3. The number of amides is 2. The van der Waals surface area contributed by atoms with E-state index in [9.17, 15) is 9.59 Å². The number of rotatable bonds is 8. The van der Waals surface area contributed by atoms with E-state index in [0.717, 1.165) is 32.5 Å². The molecule has 0 aromatic heterocycles. The normalized spacial score (nSPS) is 23.9. The van der Waals surface area contributed by atoms with Gasteiger partial charge in [-0.15, -0.1) is 0 Å². The molecule has 0 bridgehead atoms. The molecule has 1 aliphatic carbocycles. The fourth-order valence-corrected chi connectivity index (χ4v) is 5.41. The van der Waals surface area contributed by atoms with Crippen molar-refractivity contribution in [2.24, 2.45) is 17.8 Å². The first-order valence-corrected chi connectivity index (χ1v) is 12.6. The standard InChI is InChI=1S/C27H43N3O3/c1-7-30(26(32)33-27(4,5)6)24(15-19(2)3)25(31)28-23-14-13-21-17-29(18-22(21)23)16-20-11-9-8-10-12-20/h8-12,19,21-24H,7,13-18H2,1-6H3,(H,28,31)/t21-,22+,23+,24+/m1/s1. The maximum atomic E-state index is 13.5. The van der Waals surface area contributed by atoms with E-state index in [0.29, 0.717) is 30.7 Å². The van der Waals surface area contributed by atoms with Gasteiger partial charge in [0.15, 0.2) is 0 Å². The number of fused-ring (bicyclic) bond motifs is 1. The number of carbonyl (C=O) groups excluding carboxylic acids is 2. The predicted molar refractivity (Wildman–Crippen MR) is 132 cm³/mol. The Kier molecular flexibility index (Phi) is 8.43. The van der Waals surface area contributed by atoms with Crippen LogP contribution in [0, 0.1) is 17.8 Å². The van der Waals surface area contributed by atoms with Crippen molar-refractivity contribution in [1.29, 1.82) is 0 Å². The van der Waals surface area contributed by atoms with Gasteiger partial charge < -0.3 is 10.1 Å². The molecule has 1 aromatic carbocycles. The van der Waals surface area contributed by atoms with Crippen molar-refractivity contribution in [2.45, 2.75) is 85.0 Å². The van der Waals surface area contributed by atoms with Gasteiger partial charge in [-0.3, -0.25) is 14.6 Å². The molecule has 2 amide bonds. The maximum Gasteiger partial charge on any atom is 0.410 e. The Balaban J connectivity index is 1.64. The average Bonchev–Trinajstić information content (AvgIpc) is 3.28. The molecule has 2 aliphatic rings. The first kappa shape index (κ1) is 25.5. The van der Waals surface area contributed by atoms with Crippen LogP contribution in [0.5, 0.6) is 0 Å². The largest absolute Gasteiger partial charge is 0.444 e. The minimum Gasteiger partial charge on any atom is -0.444 e. The molecule has 1 saturated carbocycles. The molecule has 2 fully saturated rings. The second-order valence-electron chi connectivity index (χ2n) is 11.2. The third-order valence-electron chi connectivity index (χ3n) is 6.85. The maximum absolute atomic E-state index is 13.5. The van der Waals surface area contributed by atoms with Crippen molar-refractivity contribution in [3.8, 4) is 0 Å². The van der Waals surface area contributed by atoms with Crippen LogP contribution in [0.2, 0.25) is 0 Å². The molecule has 3 rings (SSSR count). The van der Waals surface area contributed by atoms with Crippen LogP contribution < -0.4 is 5.32 Å². The van der Waals surface area contributed by atoms with Gasteiger partial charge in [0, 0.05) is 32.2 Å². The Bertz CT molecular complexity index is 790. The molecule has 1 aliphatic heterocycles. The highest BCUT2D eigenvalue weighted by Crippen LogP contribution is 2.39. The summed E-state index contributed by atoms with van der Waals surface area (Å²) in [4.78, 5) is 30.5. The van der Waals surface area contributed by atoms with Gasteiger partial charge in [0.25, 0.3) is 0 Å². The monoisotopic (exact) mass is 457 g/mol. The molecule has 6 nitrogen and oxygen atoms in total. The van der Waals surface area contributed by atoms with E-state index in [1.54, 1.807) is 4.90 Å². The van der Waals surface area contributed by atoms with Crippen LogP contribution in [-0.2, 0) is 16.1 Å². The summed E-state index contributed by atoms with van der Waals surface area (Å²) in [6.07, 6.45) is 2.39. The van der Waals surface area contributed by atoms with E-state index in [1.807, 2.05) is 27.7 Å². The molecule has 1 aromatic rings. The molecule has 0 unspecified atom stereocenters. The summed E-state index contributed by atoms with van der Waals surface area (Å²) in [5.74, 6) is 1.37. The number of hydrogen-bond acceptors (Lipinski definition) is 4. The van der Waals surface area contributed by atoms with Crippen molar-refractivity contribution in [1.82, 2.24) is 15.1 Å². The van der Waals surface area contributed by atoms with Crippen LogP contribution in [0.15, 0.2) is 30.3 Å². The molecular weight excluding hydrogens is 414 g/mol. The van der Waals surface area contributed by atoms with Gasteiger partial charge in [-0.1, -0.05) is 44.2 Å². The van der Waals surface area contributed by atoms with E-state index in [4.69, 9.17) is 4.74 Å². The summed E-state index contributed by atoms with van der Waals surface area (Å²) in [5.41, 5.74) is 0.750. The van der Waals surface area contributed by atoms with E-state index in [1.165, 1.54) is 5.56 Å². The molecular formula is C27H43N3O3. The summed E-state index contributed by atoms with van der Waals surface area (Å²) in [6, 6.07) is 10.3. The highest BCUT2D eigenvalue weighted by molar-refractivity contribution is 5.86. The Morgan fingerprint density at radius 2 is 1.85 bits per heavy atom. The van der Waals surface area contributed by atoms with Crippen LogP contribution >= 0.6 is 0 Å². The Labute approximate surface area is 200 Å². The van der Waals surface area contributed by atoms with Gasteiger partial charge in [0.1, 0.15) is 11.6 Å². The van der Waals surface area contributed by atoms with Crippen molar-refractivity contribution in [3.63, 3.8) is 0 Å². The zero-order valence-electron chi connectivity index (χ0n) is 21.3. The Morgan fingerprint density at radius 3 is 2.45 bits per heavy atom. The molecule has 1 saturated heterocycles. The predicted octanol–water partition coefficient (Wildman–Crippen LogP) is 4.68. The van der Waals surface area contributed by atoms with Gasteiger partial charge >= 0.3 is 6.09 Å². The number of likely N-dealkylation sites (N-methyl/N-ethyl adjacent to an activating group) is 1. The number of nitrogens with one attached hydrogen (secondary N) is 1. The lowest BCUT2D eigenvalue weighted by molar-refractivity contribution is -0.128. The zero-order chi connectivity index (χ0) is 24.2. The van der Waals surface area contributed by atoms with Gasteiger partial charge in [-0.25, -0.2) is 4.79 Å². The van der Waals surface area contributed by atoms with Gasteiger partial charge in [0.05, 0.1) is 0 Å². The summed E-state index contributed by atoms with van der Waals surface area (Å²) < 4.78 is 5.61. The smallest absolute Gasteiger partial charge is 0.410 e. The molecule has 33 heavy (non-hydrogen) atoms. The molecule has 0 spiro atoms. The Hall–Kier alpha value is -2.08. The van der Waals surface area contributed by atoms with E-state index >= 15 is 0 Å². The molecule has 1 N–H and O–H groups in total.